The Labute approximate surface area is 272 Å². The minimum Gasteiger partial charge on any atom is -0.461 e. The molecule has 3 aromatic heterocycles. The van der Waals surface area contributed by atoms with E-state index in [0.29, 0.717) is 49.4 Å². The number of rotatable bonds is 3. The second kappa shape index (κ2) is 11.5. The molecule has 6 aliphatic heterocycles. The SMILES string of the molecule is Fc1c2ncc3c(nc(OC[C@@]45CCCN4C[C@H](F)C5)nc13)N1CCC[C@H](C1)c1coc(n1)CCCC1C(Cl)CC3NNCC3C21. The van der Waals surface area contributed by atoms with Gasteiger partial charge in [-0.3, -0.25) is 20.7 Å². The molecule has 8 atom stereocenters. The first-order valence-corrected chi connectivity index (χ1v) is 17.6. The van der Waals surface area contributed by atoms with E-state index in [4.69, 9.17) is 40.7 Å². The van der Waals surface area contributed by atoms with E-state index in [0.717, 1.165) is 69.6 Å². The molecule has 5 fully saturated rings. The van der Waals surface area contributed by atoms with Crippen molar-refractivity contribution in [2.75, 3.05) is 44.2 Å². The summed E-state index contributed by atoms with van der Waals surface area (Å²) in [6.45, 7) is 3.73. The lowest BCUT2D eigenvalue weighted by Gasteiger charge is -2.42. The Morgan fingerprint density at radius 1 is 1.11 bits per heavy atom. The van der Waals surface area contributed by atoms with Crippen molar-refractivity contribution in [2.24, 2.45) is 11.8 Å². The summed E-state index contributed by atoms with van der Waals surface area (Å²) in [5.41, 5.74) is 7.91. The Bertz CT molecular complexity index is 1630. The molecule has 5 unspecified atom stereocenters. The second-order valence-electron chi connectivity index (χ2n) is 14.5. The van der Waals surface area contributed by atoms with Gasteiger partial charge in [-0.25, -0.2) is 13.8 Å². The third kappa shape index (κ3) is 4.88. The highest BCUT2D eigenvalue weighted by molar-refractivity contribution is 6.21. The van der Waals surface area contributed by atoms with E-state index in [1.54, 1.807) is 6.20 Å². The van der Waals surface area contributed by atoms with Crippen LogP contribution in [0.1, 0.15) is 80.5 Å². The van der Waals surface area contributed by atoms with Crippen molar-refractivity contribution in [3.8, 4) is 6.01 Å². The molecule has 10 rings (SSSR count). The third-order valence-corrected chi connectivity index (χ3v) is 12.4. The number of hydrazine groups is 1. The molecule has 0 amide bonds. The smallest absolute Gasteiger partial charge is 0.319 e. The summed E-state index contributed by atoms with van der Waals surface area (Å²) in [5, 5.41) is 0.431. The molecule has 0 spiro atoms. The number of fused-ring (bicyclic) bond motifs is 5. The average molecular weight is 655 g/mol. The summed E-state index contributed by atoms with van der Waals surface area (Å²) >= 11 is 7.11. The first-order valence-electron chi connectivity index (χ1n) is 17.2. The van der Waals surface area contributed by atoms with Crippen molar-refractivity contribution in [3.05, 3.63) is 35.6 Å². The number of aromatic nitrogens is 4. The predicted molar refractivity (Wildman–Crippen MR) is 168 cm³/mol. The number of halogens is 3. The zero-order valence-electron chi connectivity index (χ0n) is 25.9. The fraction of sp³-hybridized carbons (Fsp3) is 0.697. The lowest BCUT2D eigenvalue weighted by atomic mass is 9.66. The quantitative estimate of drug-likeness (QED) is 0.389. The molecule has 1 aliphatic carbocycles. The molecular formula is C33H41ClF2N8O2. The van der Waals surface area contributed by atoms with Gasteiger partial charge in [0, 0.05) is 68.5 Å². The van der Waals surface area contributed by atoms with Crippen LogP contribution in [0.3, 0.4) is 0 Å². The molecule has 0 aromatic carbocycles. The number of anilines is 1. The summed E-state index contributed by atoms with van der Waals surface area (Å²) in [7, 11) is 0. The number of nitrogens with one attached hydrogen (secondary N) is 2. The van der Waals surface area contributed by atoms with E-state index in [1.165, 1.54) is 0 Å². The first kappa shape index (κ1) is 29.5. The van der Waals surface area contributed by atoms with Crippen LogP contribution in [0.5, 0.6) is 6.01 Å². The molecular weight excluding hydrogens is 614 g/mol. The molecule has 9 heterocycles. The fourth-order valence-electron chi connectivity index (χ4n) is 9.64. The van der Waals surface area contributed by atoms with Gasteiger partial charge in [-0.15, -0.1) is 11.6 Å². The van der Waals surface area contributed by atoms with Crippen molar-refractivity contribution in [1.29, 1.82) is 0 Å². The Morgan fingerprint density at radius 2 is 2.04 bits per heavy atom. The van der Waals surface area contributed by atoms with Gasteiger partial charge in [0.05, 0.1) is 22.3 Å². The number of hydrogen-bond acceptors (Lipinski definition) is 10. The van der Waals surface area contributed by atoms with Crippen LogP contribution in [0.2, 0.25) is 0 Å². The van der Waals surface area contributed by atoms with Crippen LogP contribution in [-0.2, 0) is 6.42 Å². The van der Waals surface area contributed by atoms with Crippen LogP contribution in [-0.4, -0.2) is 87.3 Å². The standard InChI is InChI=1S/C33H41ClF2N8O2/c34-23-10-24-21(13-38-42-24)27-20(23)5-1-6-26-39-25(16-45-26)18-4-2-8-43(14-18)31-22-12-37-30(27)28(36)29(22)40-32(41-31)46-17-33-7-3-9-44(33)15-19(35)11-33/h12,16,18-21,23-24,27,38,42H,1-11,13-15,17H2/t18-,19-,20?,21?,23?,24?,27?,33+/m1/s1. The van der Waals surface area contributed by atoms with Crippen LogP contribution in [0, 0.1) is 17.7 Å². The lowest BCUT2D eigenvalue weighted by molar-refractivity contribution is 0.107. The maximum atomic E-state index is 17.1. The summed E-state index contributed by atoms with van der Waals surface area (Å²) < 4.78 is 44.0. The molecule has 7 aliphatic rings. The van der Waals surface area contributed by atoms with E-state index >= 15 is 4.39 Å². The van der Waals surface area contributed by atoms with Crippen molar-refractivity contribution in [3.63, 3.8) is 0 Å². The highest BCUT2D eigenvalue weighted by atomic mass is 35.5. The monoisotopic (exact) mass is 654 g/mol. The molecule has 46 heavy (non-hydrogen) atoms. The van der Waals surface area contributed by atoms with Gasteiger partial charge in [0.15, 0.2) is 11.7 Å². The summed E-state index contributed by atoms with van der Waals surface area (Å²) in [5.74, 6) is 1.06. The minimum absolute atomic E-state index is 0.0232. The summed E-state index contributed by atoms with van der Waals surface area (Å²) in [4.78, 5) is 23.9. The number of oxazole rings is 1. The van der Waals surface area contributed by atoms with Crippen molar-refractivity contribution >= 4 is 28.3 Å². The lowest BCUT2D eigenvalue weighted by Crippen LogP contribution is -2.45. The zero-order chi connectivity index (χ0) is 31.0. The van der Waals surface area contributed by atoms with E-state index in [-0.39, 0.29) is 58.8 Å². The average Bonchev–Trinajstić information content (AvgIpc) is 3.85. The molecule has 0 radical (unpaired) electrons. The molecule has 2 N–H and O–H groups in total. The van der Waals surface area contributed by atoms with Gasteiger partial charge >= 0.3 is 6.01 Å². The largest absolute Gasteiger partial charge is 0.461 e. The Hall–Kier alpha value is -2.67. The molecule has 1 saturated carbocycles. The summed E-state index contributed by atoms with van der Waals surface area (Å²) in [6, 6.07) is 0.261. The van der Waals surface area contributed by atoms with Gasteiger partial charge < -0.3 is 14.1 Å². The maximum absolute atomic E-state index is 17.1. The number of alkyl halides is 2. The van der Waals surface area contributed by atoms with Crippen molar-refractivity contribution in [2.45, 2.75) is 92.8 Å². The van der Waals surface area contributed by atoms with E-state index in [9.17, 15) is 4.39 Å². The fourth-order valence-corrected chi connectivity index (χ4v) is 10.1. The molecule has 8 bridgehead atoms. The molecule has 3 aromatic rings. The molecule has 4 saturated heterocycles. The number of nitrogens with zero attached hydrogens (tertiary/aromatic N) is 6. The number of pyridine rings is 1. The Morgan fingerprint density at radius 3 is 2.98 bits per heavy atom. The van der Waals surface area contributed by atoms with E-state index in [1.807, 2.05) is 6.26 Å². The molecule has 13 heteroatoms. The number of piperidine rings is 1. The number of ether oxygens (including phenoxy) is 1. The maximum Gasteiger partial charge on any atom is 0.319 e. The van der Waals surface area contributed by atoms with E-state index < -0.39 is 12.0 Å². The van der Waals surface area contributed by atoms with Crippen LogP contribution in [0.4, 0.5) is 14.6 Å². The van der Waals surface area contributed by atoms with Gasteiger partial charge in [-0.1, -0.05) is 0 Å². The predicted octanol–water partition coefficient (Wildman–Crippen LogP) is 4.63. The highest BCUT2D eigenvalue weighted by Crippen LogP contribution is 2.48. The van der Waals surface area contributed by atoms with Gasteiger partial charge in [0.1, 0.15) is 30.4 Å². The Balaban J connectivity index is 1.17. The van der Waals surface area contributed by atoms with Gasteiger partial charge in [0.25, 0.3) is 0 Å². The van der Waals surface area contributed by atoms with Crippen LogP contribution in [0.25, 0.3) is 10.9 Å². The third-order valence-electron chi connectivity index (χ3n) is 11.9. The normalized spacial score (nSPS) is 35.9. The van der Waals surface area contributed by atoms with Gasteiger partial charge in [-0.05, 0) is 63.3 Å². The zero-order valence-corrected chi connectivity index (χ0v) is 26.7. The van der Waals surface area contributed by atoms with E-state index in [2.05, 4.69) is 20.7 Å². The summed E-state index contributed by atoms with van der Waals surface area (Å²) in [6.07, 6.45) is 10.1. The van der Waals surface area contributed by atoms with Crippen molar-refractivity contribution in [1.82, 2.24) is 35.7 Å². The minimum atomic E-state index is -0.866. The molecule has 246 valence electrons. The van der Waals surface area contributed by atoms with Gasteiger partial charge in [-0.2, -0.15) is 9.97 Å². The number of hydrogen-bond donors (Lipinski definition) is 2. The van der Waals surface area contributed by atoms with Crippen LogP contribution < -0.4 is 20.5 Å². The van der Waals surface area contributed by atoms with Crippen molar-refractivity contribution < 1.29 is 17.9 Å². The first-order chi connectivity index (χ1) is 22.5. The topological polar surface area (TPSA) is 104 Å². The van der Waals surface area contributed by atoms with Crippen LogP contribution in [0.15, 0.2) is 16.9 Å². The second-order valence-corrected chi connectivity index (χ2v) is 15.1. The Kier molecular flexibility index (Phi) is 7.36. The van der Waals surface area contributed by atoms with Crippen LogP contribution >= 0.6 is 11.6 Å². The highest BCUT2D eigenvalue weighted by Gasteiger charge is 2.50. The number of aryl methyl sites for hydroxylation is 1. The van der Waals surface area contributed by atoms with Gasteiger partial charge in [0.2, 0.25) is 0 Å². The molecule has 10 nitrogen and oxygen atoms in total.